The Labute approximate surface area is 113 Å². The van der Waals surface area contributed by atoms with Crippen molar-refractivity contribution >= 4 is 11.7 Å². The van der Waals surface area contributed by atoms with Crippen LogP contribution in [0.4, 0.5) is 5.69 Å². The smallest absolute Gasteiger partial charge is 0.377 e. The summed E-state index contributed by atoms with van der Waals surface area (Å²) in [5.74, 6) is -1.14. The van der Waals surface area contributed by atoms with Gasteiger partial charge in [0.1, 0.15) is 0 Å². The number of nitro groups is 1. The van der Waals surface area contributed by atoms with Crippen LogP contribution in [0.1, 0.15) is 29.0 Å². The van der Waals surface area contributed by atoms with E-state index < -0.39 is 10.9 Å². The number of para-hydroxylation sites is 1. The number of ether oxygens (including phenoxy) is 1. The number of nitro benzene ring substituents is 1. The Balaban J connectivity index is 2.04. The van der Waals surface area contributed by atoms with Crippen LogP contribution in [0.25, 0.3) is 0 Å². The maximum atomic E-state index is 11.5. The molecule has 0 aliphatic rings. The Kier molecular flexibility index (Phi) is 3.99. The van der Waals surface area contributed by atoms with Crippen LogP contribution in [0.3, 0.4) is 0 Å². The quantitative estimate of drug-likeness (QED) is 0.492. The van der Waals surface area contributed by atoms with E-state index in [0.29, 0.717) is 5.56 Å². The highest BCUT2D eigenvalue weighted by molar-refractivity contribution is 5.84. The molecule has 1 aromatic carbocycles. The summed E-state index contributed by atoms with van der Waals surface area (Å²) in [6.45, 7) is 1.72. The fourth-order valence-corrected chi connectivity index (χ4v) is 1.67. The number of aromatic amines is 1. The van der Waals surface area contributed by atoms with Crippen LogP contribution in [-0.2, 0) is 4.74 Å². The minimum atomic E-state index is -0.708. The number of rotatable bonds is 5. The second kappa shape index (κ2) is 5.87. The summed E-state index contributed by atoms with van der Waals surface area (Å²) in [6, 6.07) is 6.32. The van der Waals surface area contributed by atoms with E-state index in [1.807, 2.05) is 0 Å². The lowest BCUT2D eigenvalue weighted by Crippen LogP contribution is -2.13. The van der Waals surface area contributed by atoms with E-state index in [-0.39, 0.29) is 24.0 Å². The van der Waals surface area contributed by atoms with Crippen LogP contribution in [-0.4, -0.2) is 38.1 Å². The molecule has 20 heavy (non-hydrogen) atoms. The van der Waals surface area contributed by atoms with E-state index in [4.69, 9.17) is 4.74 Å². The van der Waals surface area contributed by atoms with Crippen molar-refractivity contribution in [3.05, 3.63) is 45.8 Å². The molecular weight excluding hydrogens is 266 g/mol. The number of esters is 1. The van der Waals surface area contributed by atoms with Crippen LogP contribution in [0.5, 0.6) is 0 Å². The molecular formula is C11H11N5O4. The number of tetrazole rings is 1. The second-order valence-corrected chi connectivity index (χ2v) is 4.07. The number of benzene rings is 1. The highest BCUT2D eigenvalue weighted by Gasteiger charge is 2.20. The summed E-state index contributed by atoms with van der Waals surface area (Å²) >= 11 is 0. The Bertz CT molecular complexity index is 613. The maximum Gasteiger partial charge on any atom is 0.377 e. The van der Waals surface area contributed by atoms with Crippen molar-refractivity contribution in [3.63, 3.8) is 0 Å². The molecule has 0 amide bonds. The van der Waals surface area contributed by atoms with Gasteiger partial charge in [-0.05, 0) is 10.4 Å². The molecule has 0 saturated carbocycles. The average molecular weight is 277 g/mol. The van der Waals surface area contributed by atoms with E-state index in [9.17, 15) is 14.9 Å². The monoisotopic (exact) mass is 277 g/mol. The third-order valence-electron chi connectivity index (χ3n) is 2.67. The van der Waals surface area contributed by atoms with Crippen LogP contribution in [0.15, 0.2) is 24.3 Å². The van der Waals surface area contributed by atoms with Gasteiger partial charge in [-0.25, -0.2) is 9.89 Å². The number of aromatic nitrogens is 4. The molecule has 0 aliphatic heterocycles. The van der Waals surface area contributed by atoms with Gasteiger partial charge in [0.25, 0.3) is 11.5 Å². The lowest BCUT2D eigenvalue weighted by Gasteiger charge is -2.11. The molecule has 0 saturated heterocycles. The zero-order chi connectivity index (χ0) is 14.5. The van der Waals surface area contributed by atoms with Gasteiger partial charge in [-0.3, -0.25) is 10.1 Å². The van der Waals surface area contributed by atoms with Crippen LogP contribution < -0.4 is 0 Å². The second-order valence-electron chi connectivity index (χ2n) is 4.07. The van der Waals surface area contributed by atoms with Gasteiger partial charge in [0.2, 0.25) is 0 Å². The van der Waals surface area contributed by atoms with Gasteiger partial charge in [0, 0.05) is 17.5 Å². The van der Waals surface area contributed by atoms with Crippen LogP contribution >= 0.6 is 0 Å². The summed E-state index contributed by atoms with van der Waals surface area (Å²) in [5.41, 5.74) is 0.498. The van der Waals surface area contributed by atoms with Crippen LogP contribution in [0, 0.1) is 10.1 Å². The molecule has 1 aromatic heterocycles. The molecule has 1 heterocycles. The summed E-state index contributed by atoms with van der Waals surface area (Å²) in [6.07, 6.45) is 0. The fourth-order valence-electron chi connectivity index (χ4n) is 1.67. The Morgan fingerprint density at radius 2 is 2.25 bits per heavy atom. The molecule has 0 aliphatic carbocycles. The summed E-state index contributed by atoms with van der Waals surface area (Å²) in [5, 5.41) is 23.1. The molecule has 1 atom stereocenters. The molecule has 2 aromatic rings. The van der Waals surface area contributed by atoms with E-state index in [2.05, 4.69) is 20.6 Å². The minimum absolute atomic E-state index is 0.00243. The van der Waals surface area contributed by atoms with E-state index in [1.54, 1.807) is 25.1 Å². The predicted molar refractivity (Wildman–Crippen MR) is 66.0 cm³/mol. The topological polar surface area (TPSA) is 124 Å². The summed E-state index contributed by atoms with van der Waals surface area (Å²) in [7, 11) is 0. The number of carbonyl (C=O) groups excluding carboxylic acids is 1. The van der Waals surface area contributed by atoms with Crippen molar-refractivity contribution in [2.45, 2.75) is 12.8 Å². The number of nitrogens with one attached hydrogen (secondary N) is 1. The average Bonchev–Trinajstić information content (AvgIpc) is 2.98. The highest BCUT2D eigenvalue weighted by Crippen LogP contribution is 2.26. The van der Waals surface area contributed by atoms with E-state index in [0.717, 1.165) is 0 Å². The number of hydrogen-bond acceptors (Lipinski definition) is 7. The molecule has 1 N–H and O–H groups in total. The Morgan fingerprint density at radius 3 is 2.90 bits per heavy atom. The molecule has 1 unspecified atom stereocenters. The SMILES string of the molecule is CC(COC(=O)c1nnn[nH]1)c1ccccc1[N+](=O)[O-]. The van der Waals surface area contributed by atoms with Crippen molar-refractivity contribution in [1.29, 1.82) is 0 Å². The first-order valence-electron chi connectivity index (χ1n) is 5.73. The van der Waals surface area contributed by atoms with Gasteiger partial charge in [-0.1, -0.05) is 25.1 Å². The number of hydrogen-bond donors (Lipinski definition) is 1. The molecule has 9 nitrogen and oxygen atoms in total. The van der Waals surface area contributed by atoms with Crippen molar-refractivity contribution in [1.82, 2.24) is 20.6 Å². The van der Waals surface area contributed by atoms with Gasteiger partial charge >= 0.3 is 5.97 Å². The standard InChI is InChI=1S/C11H11N5O4/c1-7(6-20-11(17)10-12-14-15-13-10)8-4-2-3-5-9(8)16(18)19/h2-5,7H,6H2,1H3,(H,12,13,14,15). The Morgan fingerprint density at radius 1 is 1.50 bits per heavy atom. The molecule has 0 radical (unpaired) electrons. The number of nitrogens with zero attached hydrogens (tertiary/aromatic N) is 4. The minimum Gasteiger partial charge on any atom is -0.459 e. The van der Waals surface area contributed by atoms with Crippen molar-refractivity contribution in [2.75, 3.05) is 6.61 Å². The zero-order valence-electron chi connectivity index (χ0n) is 10.5. The first-order chi connectivity index (χ1) is 9.59. The number of H-pyrrole nitrogens is 1. The van der Waals surface area contributed by atoms with E-state index in [1.165, 1.54) is 6.07 Å². The number of carbonyl (C=O) groups is 1. The maximum absolute atomic E-state index is 11.5. The van der Waals surface area contributed by atoms with Crippen LogP contribution in [0.2, 0.25) is 0 Å². The first-order valence-corrected chi connectivity index (χ1v) is 5.73. The van der Waals surface area contributed by atoms with Gasteiger partial charge < -0.3 is 4.74 Å². The summed E-state index contributed by atoms with van der Waals surface area (Å²) in [4.78, 5) is 22.0. The predicted octanol–water partition coefficient (Wildman–Crippen LogP) is 1.07. The zero-order valence-corrected chi connectivity index (χ0v) is 10.5. The Hall–Kier alpha value is -2.84. The largest absolute Gasteiger partial charge is 0.459 e. The first kappa shape index (κ1) is 13.6. The molecule has 0 spiro atoms. The van der Waals surface area contributed by atoms with Crippen molar-refractivity contribution in [3.8, 4) is 0 Å². The third kappa shape index (κ3) is 2.94. The van der Waals surface area contributed by atoms with Crippen molar-refractivity contribution < 1.29 is 14.5 Å². The van der Waals surface area contributed by atoms with Gasteiger partial charge in [-0.15, -0.1) is 5.10 Å². The molecule has 0 fully saturated rings. The normalized spacial score (nSPS) is 11.8. The van der Waals surface area contributed by atoms with E-state index >= 15 is 0 Å². The lowest BCUT2D eigenvalue weighted by molar-refractivity contribution is -0.385. The summed E-state index contributed by atoms with van der Waals surface area (Å²) < 4.78 is 5.00. The molecule has 2 rings (SSSR count). The third-order valence-corrected chi connectivity index (χ3v) is 2.67. The molecule has 104 valence electrons. The highest BCUT2D eigenvalue weighted by atomic mass is 16.6. The fraction of sp³-hybridized carbons (Fsp3) is 0.273. The lowest BCUT2D eigenvalue weighted by atomic mass is 10.0. The molecule has 9 heteroatoms. The van der Waals surface area contributed by atoms with Crippen molar-refractivity contribution in [2.24, 2.45) is 0 Å². The van der Waals surface area contributed by atoms with Gasteiger partial charge in [-0.2, -0.15) is 0 Å². The van der Waals surface area contributed by atoms with Gasteiger partial charge in [0.15, 0.2) is 0 Å². The van der Waals surface area contributed by atoms with Gasteiger partial charge in [0.05, 0.1) is 11.5 Å². The molecule has 0 bridgehead atoms.